The van der Waals surface area contributed by atoms with Crippen molar-refractivity contribution in [3.05, 3.63) is 39.9 Å². The van der Waals surface area contributed by atoms with Gasteiger partial charge in [0.1, 0.15) is 0 Å². The number of hydrogen-bond acceptors (Lipinski definition) is 5. The summed E-state index contributed by atoms with van der Waals surface area (Å²) < 4.78 is 0. The lowest BCUT2D eigenvalue weighted by Gasteiger charge is -2.05. The number of hydrogen-bond donors (Lipinski definition) is 2. The van der Waals surface area contributed by atoms with Crippen LogP contribution in [0.2, 0.25) is 0 Å². The lowest BCUT2D eigenvalue weighted by molar-refractivity contribution is -0.384. The Labute approximate surface area is 94.6 Å². The molecule has 0 fully saturated rings. The maximum Gasteiger partial charge on any atom is 0.343 e. The molecule has 0 aliphatic rings. The largest absolute Gasteiger partial charge is 0.477 e. The third kappa shape index (κ3) is 1.63. The van der Waals surface area contributed by atoms with Crippen LogP contribution in [0.15, 0.2) is 24.3 Å². The number of carboxylic acid groups (broad SMARTS) is 1. The van der Waals surface area contributed by atoms with E-state index in [0.717, 1.165) is 0 Å². The number of para-hydroxylation sites is 1. The molecule has 86 valence electrons. The van der Waals surface area contributed by atoms with E-state index < -0.39 is 28.0 Å². The molecule has 0 unspecified atom stereocenters. The van der Waals surface area contributed by atoms with E-state index >= 15 is 0 Å². The summed E-state index contributed by atoms with van der Waals surface area (Å²) in [7, 11) is 0. The highest BCUT2D eigenvalue weighted by atomic mass is 16.6. The molecule has 0 atom stereocenters. The number of pyridine rings is 1. The highest BCUT2D eigenvalue weighted by Gasteiger charge is 2.27. The van der Waals surface area contributed by atoms with Gasteiger partial charge in [-0.25, -0.2) is 9.78 Å². The monoisotopic (exact) mass is 233 g/mol. The van der Waals surface area contributed by atoms with Crippen LogP contribution >= 0.6 is 0 Å². The van der Waals surface area contributed by atoms with E-state index in [2.05, 4.69) is 4.98 Å². The number of rotatable bonds is 2. The zero-order valence-electron chi connectivity index (χ0n) is 8.45. The molecular formula is C10H7N3O4. The quantitative estimate of drug-likeness (QED) is 0.597. The van der Waals surface area contributed by atoms with Crippen LogP contribution in [0.5, 0.6) is 0 Å². The standard InChI is InChI=1S/C10H7N3O4/c11-9-8(13(16)17)7(10(14)15)5-3-1-2-4-6(5)12-9/h1-4H,(H2,11,12)(H,14,15). The third-order valence-corrected chi connectivity index (χ3v) is 2.29. The van der Waals surface area contributed by atoms with Gasteiger partial charge >= 0.3 is 11.7 Å². The Bertz CT molecular complexity index is 639. The highest BCUT2D eigenvalue weighted by molar-refractivity contribution is 6.08. The molecule has 0 bridgehead atoms. The minimum absolute atomic E-state index is 0.195. The summed E-state index contributed by atoms with van der Waals surface area (Å²) in [6, 6.07) is 6.22. The highest BCUT2D eigenvalue weighted by Crippen LogP contribution is 2.31. The predicted octanol–water partition coefficient (Wildman–Crippen LogP) is 1.42. The van der Waals surface area contributed by atoms with Crippen LogP contribution in [-0.4, -0.2) is 21.0 Å². The average Bonchev–Trinajstić information content (AvgIpc) is 2.26. The Morgan fingerprint density at radius 1 is 1.41 bits per heavy atom. The second-order valence-corrected chi connectivity index (χ2v) is 3.30. The van der Waals surface area contributed by atoms with Gasteiger partial charge < -0.3 is 10.8 Å². The Morgan fingerprint density at radius 2 is 2.06 bits per heavy atom. The molecule has 0 amide bonds. The summed E-state index contributed by atoms with van der Waals surface area (Å²) in [6.45, 7) is 0. The Kier molecular flexibility index (Phi) is 2.36. The first kappa shape index (κ1) is 10.8. The van der Waals surface area contributed by atoms with Crippen LogP contribution in [0.3, 0.4) is 0 Å². The molecular weight excluding hydrogens is 226 g/mol. The number of nitrogens with two attached hydrogens (primary N) is 1. The lowest BCUT2D eigenvalue weighted by atomic mass is 10.1. The summed E-state index contributed by atoms with van der Waals surface area (Å²) >= 11 is 0. The molecule has 2 rings (SSSR count). The fourth-order valence-electron chi connectivity index (χ4n) is 1.62. The van der Waals surface area contributed by atoms with Crippen molar-refractivity contribution in [2.24, 2.45) is 0 Å². The van der Waals surface area contributed by atoms with Crippen molar-refractivity contribution >= 4 is 28.4 Å². The molecule has 7 nitrogen and oxygen atoms in total. The zero-order chi connectivity index (χ0) is 12.6. The number of nitrogens with zero attached hydrogens (tertiary/aromatic N) is 2. The van der Waals surface area contributed by atoms with Crippen molar-refractivity contribution in [3.8, 4) is 0 Å². The number of fused-ring (bicyclic) bond motifs is 1. The third-order valence-electron chi connectivity index (χ3n) is 2.29. The van der Waals surface area contributed by atoms with Gasteiger partial charge in [0, 0.05) is 5.39 Å². The van der Waals surface area contributed by atoms with Gasteiger partial charge in [0.05, 0.1) is 10.4 Å². The summed E-state index contributed by atoms with van der Waals surface area (Å²) in [5.74, 6) is -1.80. The van der Waals surface area contributed by atoms with E-state index in [4.69, 9.17) is 10.8 Å². The molecule has 0 saturated heterocycles. The molecule has 0 saturated carbocycles. The number of benzene rings is 1. The van der Waals surface area contributed by atoms with Gasteiger partial charge in [-0.05, 0) is 6.07 Å². The minimum Gasteiger partial charge on any atom is -0.477 e. The first-order chi connectivity index (χ1) is 8.02. The summed E-state index contributed by atoms with van der Waals surface area (Å²) in [5.41, 5.74) is 4.62. The van der Waals surface area contributed by atoms with Crippen molar-refractivity contribution in [1.82, 2.24) is 4.98 Å². The molecule has 2 aromatic rings. The van der Waals surface area contributed by atoms with Gasteiger partial charge in [0.15, 0.2) is 5.56 Å². The number of anilines is 1. The van der Waals surface area contributed by atoms with Gasteiger partial charge in [-0.3, -0.25) is 10.1 Å². The maximum atomic E-state index is 11.1. The van der Waals surface area contributed by atoms with Gasteiger partial charge in [-0.1, -0.05) is 18.2 Å². The van der Waals surface area contributed by atoms with E-state index in [1.54, 1.807) is 18.2 Å². The molecule has 0 radical (unpaired) electrons. The normalized spacial score (nSPS) is 10.4. The van der Waals surface area contributed by atoms with Crippen molar-refractivity contribution in [3.63, 3.8) is 0 Å². The second kappa shape index (κ2) is 3.71. The van der Waals surface area contributed by atoms with Crippen molar-refractivity contribution in [2.75, 3.05) is 5.73 Å². The minimum atomic E-state index is -1.40. The molecule has 1 aromatic carbocycles. The first-order valence-corrected chi connectivity index (χ1v) is 4.58. The molecule has 1 aromatic heterocycles. The van der Waals surface area contributed by atoms with Crippen LogP contribution in [-0.2, 0) is 0 Å². The van der Waals surface area contributed by atoms with Crippen LogP contribution in [0.4, 0.5) is 11.5 Å². The van der Waals surface area contributed by atoms with Crippen LogP contribution in [0.1, 0.15) is 10.4 Å². The van der Waals surface area contributed by atoms with E-state index in [-0.39, 0.29) is 5.39 Å². The van der Waals surface area contributed by atoms with Crippen LogP contribution in [0.25, 0.3) is 10.9 Å². The van der Waals surface area contributed by atoms with Crippen LogP contribution < -0.4 is 5.73 Å². The van der Waals surface area contributed by atoms with Gasteiger partial charge in [-0.15, -0.1) is 0 Å². The average molecular weight is 233 g/mol. The predicted molar refractivity (Wildman–Crippen MR) is 59.8 cm³/mol. The summed E-state index contributed by atoms with van der Waals surface area (Å²) in [5, 5.41) is 20.1. The van der Waals surface area contributed by atoms with Crippen LogP contribution in [0, 0.1) is 10.1 Å². The number of nitro groups is 1. The number of carbonyl (C=O) groups is 1. The SMILES string of the molecule is Nc1nc2ccccc2c(C(=O)O)c1[N+](=O)[O-]. The molecule has 17 heavy (non-hydrogen) atoms. The number of aromatic nitrogens is 1. The van der Waals surface area contributed by atoms with E-state index in [1.165, 1.54) is 6.07 Å². The smallest absolute Gasteiger partial charge is 0.343 e. The number of carboxylic acids is 1. The van der Waals surface area contributed by atoms with E-state index in [1.807, 2.05) is 0 Å². The van der Waals surface area contributed by atoms with E-state index in [9.17, 15) is 14.9 Å². The van der Waals surface area contributed by atoms with Crippen molar-refractivity contribution in [1.29, 1.82) is 0 Å². The summed E-state index contributed by atoms with van der Waals surface area (Å²) in [6.07, 6.45) is 0. The van der Waals surface area contributed by atoms with E-state index in [0.29, 0.717) is 5.52 Å². The zero-order valence-corrected chi connectivity index (χ0v) is 8.45. The second-order valence-electron chi connectivity index (χ2n) is 3.30. The topological polar surface area (TPSA) is 119 Å². The molecule has 0 aliphatic carbocycles. The Morgan fingerprint density at radius 3 is 2.65 bits per heavy atom. The summed E-state index contributed by atoms with van der Waals surface area (Å²) in [4.78, 5) is 24.9. The van der Waals surface area contributed by atoms with Gasteiger partial charge in [-0.2, -0.15) is 0 Å². The molecule has 3 N–H and O–H groups in total. The van der Waals surface area contributed by atoms with Crippen molar-refractivity contribution in [2.45, 2.75) is 0 Å². The first-order valence-electron chi connectivity index (χ1n) is 4.58. The molecule has 0 aliphatic heterocycles. The van der Waals surface area contributed by atoms with Gasteiger partial charge in [0.25, 0.3) is 0 Å². The fraction of sp³-hybridized carbons (Fsp3) is 0. The maximum absolute atomic E-state index is 11.1. The Balaban J connectivity index is 2.99. The number of aromatic carboxylic acids is 1. The Hall–Kier alpha value is -2.70. The molecule has 0 spiro atoms. The lowest BCUT2D eigenvalue weighted by Crippen LogP contribution is -2.08. The van der Waals surface area contributed by atoms with Crippen molar-refractivity contribution < 1.29 is 14.8 Å². The fourth-order valence-corrected chi connectivity index (χ4v) is 1.62. The molecule has 1 heterocycles. The number of nitrogen functional groups attached to an aromatic ring is 1. The van der Waals surface area contributed by atoms with Gasteiger partial charge in [0.2, 0.25) is 5.82 Å². The molecule has 7 heteroatoms.